The summed E-state index contributed by atoms with van der Waals surface area (Å²) in [5, 5.41) is 4.17. The van der Waals surface area contributed by atoms with E-state index in [4.69, 9.17) is 14.7 Å². The molecule has 2 aromatic carbocycles. The third-order valence-corrected chi connectivity index (χ3v) is 6.68. The fourth-order valence-electron chi connectivity index (χ4n) is 5.00. The predicted octanol–water partition coefficient (Wildman–Crippen LogP) is 5.34. The van der Waals surface area contributed by atoms with E-state index in [0.717, 1.165) is 59.0 Å². The average molecular weight is 469 g/mol. The highest BCUT2D eigenvalue weighted by Gasteiger charge is 2.31. The summed E-state index contributed by atoms with van der Waals surface area (Å²) in [6, 6.07) is 16.9. The van der Waals surface area contributed by atoms with Crippen LogP contribution in [0.15, 0.2) is 67.0 Å². The van der Waals surface area contributed by atoms with E-state index in [1.54, 1.807) is 32.5 Å². The number of hydrogen-bond acceptors (Lipinski definition) is 5. The zero-order valence-electron chi connectivity index (χ0n) is 19.6. The van der Waals surface area contributed by atoms with E-state index in [1.807, 2.05) is 12.1 Å². The van der Waals surface area contributed by atoms with Crippen molar-refractivity contribution in [2.45, 2.75) is 25.4 Å². The third kappa shape index (κ3) is 3.71. The van der Waals surface area contributed by atoms with Gasteiger partial charge in [-0.3, -0.25) is 0 Å². The Morgan fingerprint density at radius 1 is 1.09 bits per heavy atom. The molecule has 3 aromatic heterocycles. The topological polar surface area (TPSA) is 69.8 Å². The number of anilines is 1. The van der Waals surface area contributed by atoms with Crippen LogP contribution in [0.5, 0.6) is 5.75 Å². The molecule has 7 nitrogen and oxygen atoms in total. The van der Waals surface area contributed by atoms with Gasteiger partial charge in [0.25, 0.3) is 0 Å². The van der Waals surface area contributed by atoms with E-state index < -0.39 is 0 Å². The third-order valence-electron chi connectivity index (χ3n) is 6.68. The van der Waals surface area contributed by atoms with Gasteiger partial charge in [0, 0.05) is 48.9 Å². The minimum absolute atomic E-state index is 0.201. The van der Waals surface area contributed by atoms with Crippen molar-refractivity contribution >= 4 is 16.9 Å². The first-order valence-corrected chi connectivity index (χ1v) is 11.7. The van der Waals surface area contributed by atoms with Gasteiger partial charge in [-0.2, -0.15) is 0 Å². The molecule has 0 saturated carbocycles. The Bertz CT molecular complexity index is 1520. The first-order chi connectivity index (χ1) is 17.1. The van der Waals surface area contributed by atoms with Crippen LogP contribution in [0.2, 0.25) is 0 Å². The van der Waals surface area contributed by atoms with Gasteiger partial charge in [0.1, 0.15) is 17.4 Å². The second kappa shape index (κ2) is 8.54. The van der Waals surface area contributed by atoms with Crippen molar-refractivity contribution in [3.8, 4) is 28.4 Å². The van der Waals surface area contributed by atoms with Crippen molar-refractivity contribution < 1.29 is 9.13 Å². The van der Waals surface area contributed by atoms with Gasteiger partial charge >= 0.3 is 0 Å². The monoisotopic (exact) mass is 468 g/mol. The van der Waals surface area contributed by atoms with Crippen molar-refractivity contribution in [2.75, 3.05) is 19.5 Å². The molecule has 5 aromatic rings. The Morgan fingerprint density at radius 3 is 2.74 bits per heavy atom. The summed E-state index contributed by atoms with van der Waals surface area (Å²) in [6.45, 7) is 0.805. The number of aryl methyl sites for hydroxylation is 1. The SMILES string of the molecule is CNc1nccc(-c2c(-c3ccc(F)cc3)nc3n2[C@H](Cn2ccc4cc(OC)ccc42)CC3)n1. The Morgan fingerprint density at radius 2 is 1.94 bits per heavy atom. The predicted molar refractivity (Wildman–Crippen MR) is 134 cm³/mol. The number of ether oxygens (including phenoxy) is 1. The molecule has 0 amide bonds. The maximum atomic E-state index is 13.7. The van der Waals surface area contributed by atoms with Crippen LogP contribution in [0.1, 0.15) is 18.3 Å². The van der Waals surface area contributed by atoms with Crippen LogP contribution in [-0.4, -0.2) is 38.2 Å². The van der Waals surface area contributed by atoms with Gasteiger partial charge in [-0.25, -0.2) is 19.3 Å². The van der Waals surface area contributed by atoms with E-state index in [1.165, 1.54) is 17.6 Å². The average Bonchev–Trinajstić information content (AvgIpc) is 3.59. The molecule has 4 heterocycles. The minimum Gasteiger partial charge on any atom is -0.497 e. The number of imidazole rings is 1. The van der Waals surface area contributed by atoms with Gasteiger partial charge in [0.2, 0.25) is 5.95 Å². The highest BCUT2D eigenvalue weighted by Crippen LogP contribution is 2.40. The molecular weight excluding hydrogens is 443 g/mol. The highest BCUT2D eigenvalue weighted by atomic mass is 19.1. The number of nitrogens with one attached hydrogen (secondary N) is 1. The first kappa shape index (κ1) is 21.3. The maximum Gasteiger partial charge on any atom is 0.222 e. The van der Waals surface area contributed by atoms with Crippen molar-refractivity contribution in [2.24, 2.45) is 0 Å². The molecule has 0 radical (unpaired) electrons. The molecule has 6 rings (SSSR count). The maximum absolute atomic E-state index is 13.7. The largest absolute Gasteiger partial charge is 0.497 e. The highest BCUT2D eigenvalue weighted by molar-refractivity contribution is 5.82. The van der Waals surface area contributed by atoms with Crippen molar-refractivity contribution in [3.63, 3.8) is 0 Å². The number of aromatic nitrogens is 5. The van der Waals surface area contributed by atoms with Crippen LogP contribution >= 0.6 is 0 Å². The zero-order valence-corrected chi connectivity index (χ0v) is 19.6. The minimum atomic E-state index is -0.268. The lowest BCUT2D eigenvalue weighted by Crippen LogP contribution is -2.13. The fraction of sp³-hybridized carbons (Fsp3) is 0.222. The number of fused-ring (bicyclic) bond motifs is 2. The smallest absolute Gasteiger partial charge is 0.222 e. The zero-order chi connectivity index (χ0) is 23.9. The van der Waals surface area contributed by atoms with Gasteiger partial charge in [-0.1, -0.05) is 0 Å². The molecule has 1 aliphatic heterocycles. The van der Waals surface area contributed by atoms with E-state index in [2.05, 4.69) is 43.8 Å². The summed E-state index contributed by atoms with van der Waals surface area (Å²) in [6.07, 6.45) is 5.73. The van der Waals surface area contributed by atoms with Crippen LogP contribution in [0.25, 0.3) is 33.5 Å². The molecule has 176 valence electrons. The van der Waals surface area contributed by atoms with Crippen molar-refractivity contribution in [1.82, 2.24) is 24.1 Å². The number of rotatable bonds is 6. The number of hydrogen-bond donors (Lipinski definition) is 1. The Hall–Kier alpha value is -4.20. The van der Waals surface area contributed by atoms with Crippen LogP contribution in [-0.2, 0) is 13.0 Å². The Kier molecular flexibility index (Phi) is 5.21. The lowest BCUT2D eigenvalue weighted by Gasteiger charge is -2.19. The Labute approximate surface area is 202 Å². The summed E-state index contributed by atoms with van der Waals surface area (Å²) in [5.74, 6) is 2.15. The first-order valence-electron chi connectivity index (χ1n) is 11.7. The molecule has 0 aliphatic carbocycles. The van der Waals surface area contributed by atoms with Crippen molar-refractivity contribution in [3.05, 3.63) is 78.6 Å². The molecule has 0 fully saturated rings. The fourth-order valence-corrected chi connectivity index (χ4v) is 5.00. The number of halogens is 1. The molecule has 35 heavy (non-hydrogen) atoms. The van der Waals surface area contributed by atoms with Crippen LogP contribution < -0.4 is 10.1 Å². The van der Waals surface area contributed by atoms with E-state index >= 15 is 0 Å². The summed E-state index contributed by atoms with van der Waals surface area (Å²) >= 11 is 0. The lowest BCUT2D eigenvalue weighted by molar-refractivity contribution is 0.415. The van der Waals surface area contributed by atoms with Gasteiger partial charge < -0.3 is 19.2 Å². The van der Waals surface area contributed by atoms with Crippen LogP contribution in [0.3, 0.4) is 0 Å². The van der Waals surface area contributed by atoms with Crippen molar-refractivity contribution in [1.29, 1.82) is 0 Å². The summed E-state index contributed by atoms with van der Waals surface area (Å²) < 4.78 is 23.7. The lowest BCUT2D eigenvalue weighted by atomic mass is 10.1. The molecule has 1 atom stereocenters. The Balaban J connectivity index is 1.46. The van der Waals surface area contributed by atoms with Gasteiger partial charge in [-0.05, 0) is 61.0 Å². The number of nitrogens with zero attached hydrogens (tertiary/aromatic N) is 5. The second-order valence-electron chi connectivity index (χ2n) is 8.70. The molecular formula is C27H25FN6O. The number of methoxy groups -OCH3 is 1. The molecule has 0 spiro atoms. The van der Waals surface area contributed by atoms with Gasteiger partial charge in [0.15, 0.2) is 0 Å². The standard InChI is InChI=1S/C27H25FN6O/c1-29-27-30-13-11-22(31-27)26-25(17-3-5-19(28)6-4-17)32-24-10-7-20(34(24)26)16-33-14-12-18-15-21(35-2)8-9-23(18)33/h3-6,8-9,11-15,20H,7,10,16H2,1-2H3,(H,29,30,31)/t20-/m0/s1. The molecule has 0 bridgehead atoms. The quantitative estimate of drug-likeness (QED) is 0.364. The number of benzene rings is 2. The second-order valence-corrected chi connectivity index (χ2v) is 8.70. The normalized spacial score (nSPS) is 14.9. The van der Waals surface area contributed by atoms with Gasteiger partial charge in [0.05, 0.1) is 30.2 Å². The van der Waals surface area contributed by atoms with E-state index in [9.17, 15) is 4.39 Å². The molecule has 1 N–H and O–H groups in total. The molecule has 0 unspecified atom stereocenters. The van der Waals surface area contributed by atoms with E-state index in [0.29, 0.717) is 5.95 Å². The van der Waals surface area contributed by atoms with Gasteiger partial charge in [-0.15, -0.1) is 0 Å². The summed E-state index contributed by atoms with van der Waals surface area (Å²) in [5.41, 5.74) is 4.57. The summed E-state index contributed by atoms with van der Waals surface area (Å²) in [4.78, 5) is 14.0. The van der Waals surface area contributed by atoms with Crippen LogP contribution in [0, 0.1) is 5.82 Å². The van der Waals surface area contributed by atoms with E-state index in [-0.39, 0.29) is 11.9 Å². The molecule has 1 aliphatic rings. The molecule has 0 saturated heterocycles. The van der Waals surface area contributed by atoms with Crippen LogP contribution in [0.4, 0.5) is 10.3 Å². The molecule has 8 heteroatoms. The summed E-state index contributed by atoms with van der Waals surface area (Å²) in [7, 11) is 3.49.